The molecule has 0 aliphatic carbocycles. The van der Waals surface area contributed by atoms with Crippen LogP contribution in [0.3, 0.4) is 0 Å². The predicted octanol–water partition coefficient (Wildman–Crippen LogP) is 1.72. The highest BCUT2D eigenvalue weighted by molar-refractivity contribution is 7.80. The molecule has 0 unspecified atom stereocenters. The van der Waals surface area contributed by atoms with Crippen LogP contribution < -0.4 is 10.7 Å². The summed E-state index contributed by atoms with van der Waals surface area (Å²) in [5.74, 6) is 0. The van der Waals surface area contributed by atoms with Crippen molar-refractivity contribution in [2.75, 3.05) is 7.05 Å². The maximum absolute atomic E-state index is 10.8. The summed E-state index contributed by atoms with van der Waals surface area (Å²) in [4.78, 5) is 10.4. The van der Waals surface area contributed by atoms with Crippen LogP contribution >= 0.6 is 12.2 Å². The molecule has 96 valence electrons. The number of aryl methyl sites for hydroxylation is 1. The number of nitrogens with zero attached hydrogens (tertiary/aromatic N) is 2. The van der Waals surface area contributed by atoms with Gasteiger partial charge in [-0.2, -0.15) is 5.10 Å². The van der Waals surface area contributed by atoms with Gasteiger partial charge >= 0.3 is 0 Å². The van der Waals surface area contributed by atoms with Gasteiger partial charge in [-0.05, 0) is 26.1 Å². The van der Waals surface area contributed by atoms with E-state index < -0.39 is 4.92 Å². The summed E-state index contributed by atoms with van der Waals surface area (Å²) >= 11 is 4.87. The molecule has 18 heavy (non-hydrogen) atoms. The predicted molar refractivity (Wildman–Crippen MR) is 74.8 cm³/mol. The number of rotatable bonds is 3. The quantitative estimate of drug-likeness (QED) is 0.377. The standard InChI is InChI=1S/C11H14N4O2S/c1-7-4-5-9(6-10(7)15(16)17)8(2)13-14-11(18)12-3/h4-6H,1-3H3,(H2,12,14,18)/b13-8-. The Balaban J connectivity index is 2.99. The molecule has 7 heteroatoms. The van der Waals surface area contributed by atoms with Gasteiger partial charge in [-0.25, -0.2) is 0 Å². The van der Waals surface area contributed by atoms with Gasteiger partial charge < -0.3 is 5.32 Å². The number of nitrogens with one attached hydrogen (secondary N) is 2. The number of benzene rings is 1. The lowest BCUT2D eigenvalue weighted by Gasteiger charge is -2.05. The first-order valence-electron chi connectivity index (χ1n) is 5.23. The van der Waals surface area contributed by atoms with Crippen molar-refractivity contribution in [2.24, 2.45) is 5.10 Å². The summed E-state index contributed by atoms with van der Waals surface area (Å²) < 4.78 is 0. The molecule has 0 bridgehead atoms. The zero-order valence-electron chi connectivity index (χ0n) is 10.4. The SMILES string of the molecule is CNC(=S)N/N=C(/C)c1ccc(C)c([N+](=O)[O-])c1. The van der Waals surface area contributed by atoms with Gasteiger partial charge in [-0.1, -0.05) is 12.1 Å². The minimum absolute atomic E-state index is 0.0817. The third-order valence-electron chi connectivity index (χ3n) is 2.38. The summed E-state index contributed by atoms with van der Waals surface area (Å²) in [5, 5.41) is 18.0. The van der Waals surface area contributed by atoms with E-state index in [0.29, 0.717) is 22.0 Å². The Kier molecular flexibility index (Phi) is 4.73. The smallest absolute Gasteiger partial charge is 0.272 e. The molecule has 0 heterocycles. The lowest BCUT2D eigenvalue weighted by atomic mass is 10.1. The number of hydrazone groups is 1. The molecule has 0 saturated carbocycles. The maximum Gasteiger partial charge on any atom is 0.272 e. The van der Waals surface area contributed by atoms with Crippen LogP contribution in [-0.2, 0) is 0 Å². The van der Waals surface area contributed by atoms with Crippen LogP contribution in [-0.4, -0.2) is 22.8 Å². The molecule has 0 spiro atoms. The fourth-order valence-corrected chi connectivity index (χ4v) is 1.33. The second kappa shape index (κ2) is 6.06. The van der Waals surface area contributed by atoms with E-state index >= 15 is 0 Å². The van der Waals surface area contributed by atoms with E-state index in [1.54, 1.807) is 33.0 Å². The summed E-state index contributed by atoms with van der Waals surface area (Å²) in [6.07, 6.45) is 0. The highest BCUT2D eigenvalue weighted by Crippen LogP contribution is 2.19. The van der Waals surface area contributed by atoms with Gasteiger partial charge in [-0.15, -0.1) is 0 Å². The van der Waals surface area contributed by atoms with E-state index in [9.17, 15) is 10.1 Å². The topological polar surface area (TPSA) is 79.6 Å². The lowest BCUT2D eigenvalue weighted by Crippen LogP contribution is -2.29. The van der Waals surface area contributed by atoms with Crippen molar-refractivity contribution in [2.45, 2.75) is 13.8 Å². The molecule has 0 aliphatic rings. The third-order valence-corrected chi connectivity index (χ3v) is 2.67. The molecule has 2 N–H and O–H groups in total. The largest absolute Gasteiger partial charge is 0.364 e. The molecule has 0 atom stereocenters. The van der Waals surface area contributed by atoms with Gasteiger partial charge in [0.15, 0.2) is 5.11 Å². The number of thiocarbonyl (C=S) groups is 1. The van der Waals surface area contributed by atoms with E-state index in [1.807, 2.05) is 0 Å². The zero-order valence-corrected chi connectivity index (χ0v) is 11.2. The summed E-state index contributed by atoms with van der Waals surface area (Å²) in [5.41, 5.74) is 4.64. The van der Waals surface area contributed by atoms with Crippen LogP contribution in [0.1, 0.15) is 18.1 Å². The fraction of sp³-hybridized carbons (Fsp3) is 0.273. The third kappa shape index (κ3) is 3.49. The van der Waals surface area contributed by atoms with Gasteiger partial charge in [0.2, 0.25) is 0 Å². The van der Waals surface area contributed by atoms with Crippen molar-refractivity contribution in [3.05, 3.63) is 39.4 Å². The van der Waals surface area contributed by atoms with Crippen molar-refractivity contribution < 1.29 is 4.92 Å². The molecule has 1 aromatic rings. The van der Waals surface area contributed by atoms with Crippen LogP contribution in [0.25, 0.3) is 0 Å². The second-order valence-electron chi connectivity index (χ2n) is 3.65. The molecule has 0 aromatic heterocycles. The van der Waals surface area contributed by atoms with E-state index in [0.717, 1.165) is 0 Å². The highest BCUT2D eigenvalue weighted by atomic mass is 32.1. The number of nitro benzene ring substituents is 1. The van der Waals surface area contributed by atoms with Gasteiger partial charge in [0.25, 0.3) is 5.69 Å². The monoisotopic (exact) mass is 266 g/mol. The van der Waals surface area contributed by atoms with E-state index in [2.05, 4.69) is 15.8 Å². The Morgan fingerprint density at radius 1 is 1.50 bits per heavy atom. The van der Waals surface area contributed by atoms with E-state index in [1.165, 1.54) is 6.07 Å². The van der Waals surface area contributed by atoms with Crippen LogP contribution in [0.2, 0.25) is 0 Å². The van der Waals surface area contributed by atoms with Gasteiger partial charge in [0, 0.05) is 24.2 Å². The second-order valence-corrected chi connectivity index (χ2v) is 4.05. The van der Waals surface area contributed by atoms with Crippen LogP contribution in [0.15, 0.2) is 23.3 Å². The number of hydrogen-bond acceptors (Lipinski definition) is 4. The Hall–Kier alpha value is -2.02. The molecule has 0 radical (unpaired) electrons. The molecule has 1 rings (SSSR count). The van der Waals surface area contributed by atoms with Crippen LogP contribution in [0, 0.1) is 17.0 Å². The van der Waals surface area contributed by atoms with Crippen molar-refractivity contribution in [1.29, 1.82) is 0 Å². The van der Waals surface area contributed by atoms with Crippen molar-refractivity contribution >= 4 is 28.7 Å². The Morgan fingerprint density at radius 2 is 2.17 bits per heavy atom. The zero-order chi connectivity index (χ0) is 13.7. The van der Waals surface area contributed by atoms with Gasteiger partial charge in [0.1, 0.15) is 0 Å². The molecule has 0 amide bonds. The first kappa shape index (κ1) is 14.0. The van der Waals surface area contributed by atoms with Crippen molar-refractivity contribution in [1.82, 2.24) is 10.7 Å². The first-order valence-corrected chi connectivity index (χ1v) is 5.64. The van der Waals surface area contributed by atoms with E-state index in [4.69, 9.17) is 12.2 Å². The van der Waals surface area contributed by atoms with E-state index in [-0.39, 0.29) is 5.69 Å². The Labute approximate surface area is 110 Å². The van der Waals surface area contributed by atoms with Crippen molar-refractivity contribution in [3.63, 3.8) is 0 Å². The normalized spacial score (nSPS) is 10.9. The average Bonchev–Trinajstić information content (AvgIpc) is 2.35. The minimum Gasteiger partial charge on any atom is -0.364 e. The number of hydrogen-bond donors (Lipinski definition) is 2. The van der Waals surface area contributed by atoms with Crippen LogP contribution in [0.4, 0.5) is 5.69 Å². The Morgan fingerprint density at radius 3 is 2.72 bits per heavy atom. The maximum atomic E-state index is 10.8. The van der Waals surface area contributed by atoms with Gasteiger partial charge in [0.05, 0.1) is 10.6 Å². The highest BCUT2D eigenvalue weighted by Gasteiger charge is 2.12. The molecule has 0 saturated heterocycles. The van der Waals surface area contributed by atoms with Gasteiger partial charge in [-0.3, -0.25) is 15.5 Å². The van der Waals surface area contributed by atoms with Crippen molar-refractivity contribution in [3.8, 4) is 0 Å². The van der Waals surface area contributed by atoms with Crippen LogP contribution in [0.5, 0.6) is 0 Å². The summed E-state index contributed by atoms with van der Waals surface area (Å²) in [6, 6.07) is 4.98. The fourth-order valence-electron chi connectivity index (χ4n) is 1.29. The molecular formula is C11H14N4O2S. The first-order chi connectivity index (χ1) is 8.45. The molecule has 0 fully saturated rings. The molecule has 6 nitrogen and oxygen atoms in total. The summed E-state index contributed by atoms with van der Waals surface area (Å²) in [7, 11) is 1.68. The molecule has 1 aromatic carbocycles. The minimum atomic E-state index is -0.405. The average molecular weight is 266 g/mol. The number of nitro groups is 1. The Bertz CT molecular complexity index is 514. The lowest BCUT2D eigenvalue weighted by molar-refractivity contribution is -0.385. The molecule has 0 aliphatic heterocycles. The molecular weight excluding hydrogens is 252 g/mol. The summed E-state index contributed by atoms with van der Waals surface area (Å²) in [6.45, 7) is 3.45.